The minimum atomic E-state index is -0.387. The van der Waals surface area contributed by atoms with Gasteiger partial charge in [-0.2, -0.15) is 0 Å². The van der Waals surface area contributed by atoms with Crippen LogP contribution in [0.3, 0.4) is 0 Å². The van der Waals surface area contributed by atoms with Gasteiger partial charge < -0.3 is 10.5 Å². The third-order valence-electron chi connectivity index (χ3n) is 7.44. The van der Waals surface area contributed by atoms with E-state index in [4.69, 9.17) is 10.5 Å². The van der Waals surface area contributed by atoms with Crippen molar-refractivity contribution < 1.29 is 9.53 Å². The molecule has 1 heterocycles. The normalized spacial score (nSPS) is 25.0. The van der Waals surface area contributed by atoms with Crippen molar-refractivity contribution in [1.82, 2.24) is 4.90 Å². The maximum Gasteiger partial charge on any atom is 0.248 e. The van der Waals surface area contributed by atoms with Crippen LogP contribution in [0.25, 0.3) is 11.1 Å². The summed E-state index contributed by atoms with van der Waals surface area (Å²) in [6.07, 6.45) is 2.28. The maximum atomic E-state index is 11.8. The Morgan fingerprint density at radius 3 is 2.22 bits per heavy atom. The zero-order chi connectivity index (χ0) is 22.1. The molecular formula is C28H30N2O2. The number of rotatable bonds is 6. The number of carbonyl (C=O) groups excluding carboxylic acids is 1. The van der Waals surface area contributed by atoms with Gasteiger partial charge in [0.1, 0.15) is 5.60 Å². The van der Waals surface area contributed by atoms with Crippen LogP contribution >= 0.6 is 0 Å². The molecule has 0 radical (unpaired) electrons. The Hall–Kier alpha value is -2.95. The summed E-state index contributed by atoms with van der Waals surface area (Å²) in [6, 6.07) is 27.2. The topological polar surface area (TPSA) is 55.6 Å². The van der Waals surface area contributed by atoms with Crippen molar-refractivity contribution in [2.24, 2.45) is 17.6 Å². The van der Waals surface area contributed by atoms with Gasteiger partial charge in [0.15, 0.2) is 0 Å². The van der Waals surface area contributed by atoms with Crippen LogP contribution in [0.1, 0.15) is 34.3 Å². The Morgan fingerprint density at radius 1 is 0.938 bits per heavy atom. The third kappa shape index (κ3) is 3.64. The van der Waals surface area contributed by atoms with E-state index in [1.807, 2.05) is 25.3 Å². The van der Waals surface area contributed by atoms with Crippen molar-refractivity contribution in [3.05, 3.63) is 95.6 Å². The van der Waals surface area contributed by atoms with E-state index in [9.17, 15) is 4.79 Å². The highest BCUT2D eigenvalue weighted by Crippen LogP contribution is 2.53. The van der Waals surface area contributed by atoms with Gasteiger partial charge in [-0.1, -0.05) is 66.7 Å². The van der Waals surface area contributed by atoms with E-state index >= 15 is 0 Å². The molecular weight excluding hydrogens is 396 g/mol. The van der Waals surface area contributed by atoms with E-state index < -0.39 is 0 Å². The molecule has 2 fully saturated rings. The van der Waals surface area contributed by atoms with E-state index in [2.05, 4.69) is 59.5 Å². The van der Waals surface area contributed by atoms with Crippen molar-refractivity contribution >= 4 is 5.91 Å². The first-order valence-corrected chi connectivity index (χ1v) is 11.4. The van der Waals surface area contributed by atoms with Crippen LogP contribution in [-0.4, -0.2) is 31.0 Å². The second-order valence-electron chi connectivity index (χ2n) is 9.17. The molecule has 3 aromatic rings. The van der Waals surface area contributed by atoms with Gasteiger partial charge in [-0.15, -0.1) is 0 Å². The molecule has 3 aromatic carbocycles. The Morgan fingerprint density at radius 2 is 1.59 bits per heavy atom. The van der Waals surface area contributed by atoms with Gasteiger partial charge in [0, 0.05) is 44.1 Å². The molecule has 2 unspecified atom stereocenters. The van der Waals surface area contributed by atoms with E-state index in [1.54, 1.807) is 6.07 Å². The van der Waals surface area contributed by atoms with E-state index in [0.717, 1.165) is 38.0 Å². The lowest BCUT2D eigenvalue weighted by atomic mass is 9.74. The molecule has 1 aliphatic heterocycles. The van der Waals surface area contributed by atoms with Gasteiger partial charge in [-0.05, 0) is 47.2 Å². The molecule has 1 saturated heterocycles. The lowest BCUT2D eigenvalue weighted by molar-refractivity contribution is -0.120. The van der Waals surface area contributed by atoms with Crippen LogP contribution in [0.5, 0.6) is 0 Å². The monoisotopic (exact) mass is 426 g/mol. The zero-order valence-corrected chi connectivity index (χ0v) is 18.5. The summed E-state index contributed by atoms with van der Waals surface area (Å²) in [6.45, 7) is 2.93. The fraction of sp³-hybridized carbons (Fsp3) is 0.321. The van der Waals surface area contributed by atoms with Gasteiger partial charge in [0.25, 0.3) is 0 Å². The molecule has 164 valence electrons. The van der Waals surface area contributed by atoms with Crippen LogP contribution < -0.4 is 5.73 Å². The number of methoxy groups -OCH3 is 1. The number of benzene rings is 3. The number of hydrogen-bond donors (Lipinski definition) is 1. The summed E-state index contributed by atoms with van der Waals surface area (Å²) < 4.78 is 6.27. The highest BCUT2D eigenvalue weighted by molar-refractivity contribution is 5.93. The Bertz CT molecular complexity index is 1080. The predicted octanol–water partition coefficient (Wildman–Crippen LogP) is 4.84. The number of nitrogens with zero attached hydrogens (tertiary/aromatic N) is 1. The van der Waals surface area contributed by atoms with Crippen molar-refractivity contribution in [1.29, 1.82) is 0 Å². The quantitative estimate of drug-likeness (QED) is 0.614. The number of hydrogen-bond acceptors (Lipinski definition) is 3. The number of primary amides is 1. The number of nitrogens with two attached hydrogens (primary N) is 1. The van der Waals surface area contributed by atoms with Gasteiger partial charge in [-0.25, -0.2) is 0 Å². The van der Waals surface area contributed by atoms with Crippen LogP contribution in [0.15, 0.2) is 78.9 Å². The first-order valence-electron chi connectivity index (χ1n) is 11.4. The molecule has 2 bridgehead atoms. The summed E-state index contributed by atoms with van der Waals surface area (Å²) in [5.74, 6) is 0.415. The van der Waals surface area contributed by atoms with Gasteiger partial charge in [0.05, 0.1) is 0 Å². The van der Waals surface area contributed by atoms with Crippen LogP contribution in [0.2, 0.25) is 0 Å². The Balaban J connectivity index is 1.33. The average molecular weight is 427 g/mol. The number of piperidine rings is 1. The van der Waals surface area contributed by atoms with Gasteiger partial charge in [0.2, 0.25) is 5.91 Å². The van der Waals surface area contributed by atoms with Crippen LogP contribution in [0, 0.1) is 11.8 Å². The fourth-order valence-corrected chi connectivity index (χ4v) is 5.97. The molecule has 4 heteroatoms. The Kier molecular flexibility index (Phi) is 5.58. The fourth-order valence-electron chi connectivity index (χ4n) is 5.97. The summed E-state index contributed by atoms with van der Waals surface area (Å²) in [4.78, 5) is 14.3. The first-order chi connectivity index (χ1) is 15.6. The SMILES string of the molecule is COC1(c2cccc(C(N)=O)c2)C2CCC1CN(Cc1ccc(-c3ccccc3)cc1)C2. The standard InChI is InChI=1S/C28H30N2O2/c1-32-28(24-9-5-8-23(16-24)27(29)31)25-14-15-26(28)19-30(18-25)17-20-10-12-22(13-11-20)21-6-3-2-4-7-21/h2-13,16,25-26H,14-15,17-19H2,1H3,(H2,29,31). The highest BCUT2D eigenvalue weighted by Gasteiger charge is 2.55. The largest absolute Gasteiger partial charge is 0.373 e. The molecule has 1 aliphatic carbocycles. The second kappa shape index (κ2) is 8.53. The molecule has 0 aromatic heterocycles. The number of amides is 1. The number of fused-ring (bicyclic) bond motifs is 2. The molecule has 2 N–H and O–H groups in total. The summed E-state index contributed by atoms with van der Waals surface area (Å²) >= 11 is 0. The molecule has 2 atom stereocenters. The van der Waals surface area contributed by atoms with Crippen LogP contribution in [0.4, 0.5) is 0 Å². The second-order valence-corrected chi connectivity index (χ2v) is 9.17. The third-order valence-corrected chi connectivity index (χ3v) is 7.44. The summed E-state index contributed by atoms with van der Waals surface area (Å²) in [5.41, 5.74) is 10.7. The van der Waals surface area contributed by atoms with E-state index in [0.29, 0.717) is 17.4 Å². The van der Waals surface area contributed by atoms with Gasteiger partial charge >= 0.3 is 0 Å². The minimum Gasteiger partial charge on any atom is -0.373 e. The highest BCUT2D eigenvalue weighted by atomic mass is 16.5. The predicted molar refractivity (Wildman–Crippen MR) is 127 cm³/mol. The van der Waals surface area contributed by atoms with E-state index in [-0.39, 0.29) is 11.5 Å². The molecule has 4 nitrogen and oxygen atoms in total. The maximum absolute atomic E-state index is 11.8. The summed E-state index contributed by atoms with van der Waals surface area (Å²) in [7, 11) is 1.82. The van der Waals surface area contributed by atoms with Crippen molar-refractivity contribution in [2.45, 2.75) is 25.0 Å². The van der Waals surface area contributed by atoms with Crippen molar-refractivity contribution in [3.8, 4) is 11.1 Å². The van der Waals surface area contributed by atoms with Gasteiger partial charge in [-0.3, -0.25) is 9.69 Å². The van der Waals surface area contributed by atoms with Crippen LogP contribution in [-0.2, 0) is 16.9 Å². The smallest absolute Gasteiger partial charge is 0.248 e. The molecule has 5 rings (SSSR count). The lowest BCUT2D eigenvalue weighted by Gasteiger charge is -2.47. The zero-order valence-electron chi connectivity index (χ0n) is 18.5. The summed E-state index contributed by atoms with van der Waals surface area (Å²) in [5, 5.41) is 0. The molecule has 0 spiro atoms. The minimum absolute atomic E-state index is 0.334. The lowest BCUT2D eigenvalue weighted by Crippen LogP contribution is -2.52. The molecule has 1 amide bonds. The Labute approximate surface area is 190 Å². The molecule has 32 heavy (non-hydrogen) atoms. The molecule has 1 saturated carbocycles. The number of likely N-dealkylation sites (tertiary alicyclic amines) is 1. The number of carbonyl (C=O) groups is 1. The average Bonchev–Trinajstić information content (AvgIpc) is 3.03. The van der Waals surface area contributed by atoms with Crippen molar-refractivity contribution in [2.75, 3.05) is 20.2 Å². The first kappa shape index (κ1) is 20.9. The number of ether oxygens (including phenoxy) is 1. The molecule has 2 aliphatic rings. The van der Waals surface area contributed by atoms with E-state index in [1.165, 1.54) is 16.7 Å². The van der Waals surface area contributed by atoms with Crippen molar-refractivity contribution in [3.63, 3.8) is 0 Å².